The van der Waals surface area contributed by atoms with E-state index >= 15 is 0 Å². The lowest BCUT2D eigenvalue weighted by Gasteiger charge is -2.29. The molecule has 2 rings (SSSR count). The molecule has 0 radical (unpaired) electrons. The molecular formula is C12H20N2. The fourth-order valence-corrected chi connectivity index (χ4v) is 3.19. The van der Waals surface area contributed by atoms with Crippen LogP contribution in [0.15, 0.2) is 0 Å². The smallest absolute Gasteiger partial charge is 0.272 e. The summed E-state index contributed by atoms with van der Waals surface area (Å²) in [5.74, 6) is 1.45. The third-order valence-corrected chi connectivity index (χ3v) is 3.97. The first-order chi connectivity index (χ1) is 6.92. The Bertz CT molecular complexity index is 235. The van der Waals surface area contributed by atoms with E-state index < -0.39 is 0 Å². The van der Waals surface area contributed by atoms with E-state index in [1.807, 2.05) is 0 Å². The van der Waals surface area contributed by atoms with Crippen molar-refractivity contribution in [1.82, 2.24) is 0 Å². The maximum Gasteiger partial charge on any atom is 0.272 e. The van der Waals surface area contributed by atoms with Crippen molar-refractivity contribution in [3.05, 3.63) is 5.53 Å². The lowest BCUT2D eigenvalue weighted by atomic mass is 9.72. The summed E-state index contributed by atoms with van der Waals surface area (Å²) in [6, 6.07) is 0. The van der Waals surface area contributed by atoms with Gasteiger partial charge in [0.2, 0.25) is 0 Å². The summed E-state index contributed by atoms with van der Waals surface area (Å²) in [4.78, 5) is 3.52. The van der Waals surface area contributed by atoms with Crippen LogP contribution in [0.5, 0.6) is 0 Å². The van der Waals surface area contributed by atoms with Gasteiger partial charge in [0.25, 0.3) is 5.71 Å². The van der Waals surface area contributed by atoms with E-state index in [1.54, 1.807) is 0 Å². The second kappa shape index (κ2) is 4.75. The van der Waals surface area contributed by atoms with E-state index in [0.29, 0.717) is 5.92 Å². The van der Waals surface area contributed by atoms with E-state index in [1.165, 1.54) is 51.4 Å². The Balaban J connectivity index is 2.02. The van der Waals surface area contributed by atoms with Crippen LogP contribution in [-0.2, 0) is 0 Å². The fourth-order valence-electron chi connectivity index (χ4n) is 3.19. The first kappa shape index (κ1) is 9.92. The van der Waals surface area contributed by atoms with Crippen molar-refractivity contribution in [3.8, 4) is 0 Å². The predicted octanol–water partition coefficient (Wildman–Crippen LogP) is 3.43. The topological polar surface area (TPSA) is 36.4 Å². The van der Waals surface area contributed by atoms with Crippen molar-refractivity contribution >= 4 is 5.71 Å². The van der Waals surface area contributed by atoms with Crippen LogP contribution in [0.1, 0.15) is 57.8 Å². The molecule has 2 saturated carbocycles. The molecule has 0 amide bonds. The second-order valence-corrected chi connectivity index (χ2v) is 4.84. The van der Waals surface area contributed by atoms with E-state index in [2.05, 4.69) is 4.79 Å². The van der Waals surface area contributed by atoms with E-state index in [9.17, 15) is 0 Å². The van der Waals surface area contributed by atoms with Gasteiger partial charge >= 0.3 is 0 Å². The summed E-state index contributed by atoms with van der Waals surface area (Å²) in [6.45, 7) is 0. The standard InChI is InChI=1S/C12H20N2/c13-14-12-9-5-4-8-11(12)10-6-2-1-3-7-10/h10-11H,1-9H2. The van der Waals surface area contributed by atoms with Gasteiger partial charge < -0.3 is 5.53 Å². The monoisotopic (exact) mass is 192 g/mol. The third kappa shape index (κ3) is 2.06. The van der Waals surface area contributed by atoms with Crippen molar-refractivity contribution in [2.75, 3.05) is 0 Å². The van der Waals surface area contributed by atoms with E-state index in [4.69, 9.17) is 5.53 Å². The summed E-state index contributed by atoms with van der Waals surface area (Å²) in [6.07, 6.45) is 11.8. The molecule has 78 valence electrons. The van der Waals surface area contributed by atoms with Gasteiger partial charge in [-0.05, 0) is 31.6 Å². The lowest BCUT2D eigenvalue weighted by Crippen LogP contribution is -2.29. The zero-order valence-electron chi connectivity index (χ0n) is 8.91. The van der Waals surface area contributed by atoms with E-state index in [0.717, 1.165) is 18.1 Å². The van der Waals surface area contributed by atoms with Crippen molar-refractivity contribution < 1.29 is 4.79 Å². The Morgan fingerprint density at radius 1 is 0.929 bits per heavy atom. The molecule has 1 atom stereocenters. The lowest BCUT2D eigenvalue weighted by molar-refractivity contribution is -0.0230. The van der Waals surface area contributed by atoms with Crippen molar-refractivity contribution in [2.24, 2.45) is 11.8 Å². The third-order valence-electron chi connectivity index (χ3n) is 3.97. The first-order valence-corrected chi connectivity index (χ1v) is 6.12. The zero-order valence-corrected chi connectivity index (χ0v) is 8.91. The van der Waals surface area contributed by atoms with Gasteiger partial charge in [-0.25, -0.2) is 0 Å². The van der Waals surface area contributed by atoms with Crippen LogP contribution in [0, 0.1) is 11.8 Å². The van der Waals surface area contributed by atoms with Gasteiger partial charge in [0.05, 0.1) is 5.92 Å². The van der Waals surface area contributed by atoms with Gasteiger partial charge in [-0.1, -0.05) is 25.7 Å². The van der Waals surface area contributed by atoms with Gasteiger partial charge in [0.15, 0.2) is 0 Å². The molecule has 0 aromatic heterocycles. The molecule has 2 aliphatic rings. The molecule has 0 N–H and O–H groups in total. The highest BCUT2D eigenvalue weighted by Gasteiger charge is 2.34. The molecular weight excluding hydrogens is 172 g/mol. The SMILES string of the molecule is [N-]=[N+]=C1CCCCC1C1CCCCC1. The second-order valence-electron chi connectivity index (χ2n) is 4.84. The molecule has 0 spiro atoms. The molecule has 2 nitrogen and oxygen atoms in total. The van der Waals surface area contributed by atoms with Gasteiger partial charge in [-0.2, -0.15) is 4.79 Å². The fraction of sp³-hybridized carbons (Fsp3) is 0.917. The van der Waals surface area contributed by atoms with Crippen LogP contribution in [0.3, 0.4) is 0 Å². The van der Waals surface area contributed by atoms with Crippen molar-refractivity contribution in [3.63, 3.8) is 0 Å². The first-order valence-electron chi connectivity index (χ1n) is 6.12. The minimum atomic E-state index is 0.619. The molecule has 0 saturated heterocycles. The molecule has 0 heterocycles. The summed E-state index contributed by atoms with van der Waals surface area (Å²) < 4.78 is 0. The molecule has 0 aromatic rings. The average Bonchev–Trinajstić information content (AvgIpc) is 2.30. The maximum absolute atomic E-state index is 8.98. The molecule has 14 heavy (non-hydrogen) atoms. The molecule has 0 aromatic carbocycles. The zero-order chi connectivity index (χ0) is 9.80. The highest BCUT2D eigenvalue weighted by atomic mass is 14.9. The van der Waals surface area contributed by atoms with Crippen LogP contribution in [0.25, 0.3) is 5.53 Å². The summed E-state index contributed by atoms with van der Waals surface area (Å²) in [5, 5.41) is 0. The molecule has 0 aliphatic heterocycles. The van der Waals surface area contributed by atoms with Crippen LogP contribution in [-0.4, -0.2) is 10.5 Å². The van der Waals surface area contributed by atoms with Crippen molar-refractivity contribution in [2.45, 2.75) is 57.8 Å². The average molecular weight is 192 g/mol. The molecule has 2 heteroatoms. The number of hydrogen-bond acceptors (Lipinski definition) is 0. The molecule has 2 fully saturated rings. The normalized spacial score (nSPS) is 30.0. The van der Waals surface area contributed by atoms with Crippen LogP contribution in [0.2, 0.25) is 0 Å². The summed E-state index contributed by atoms with van der Waals surface area (Å²) in [5.41, 5.74) is 10.1. The van der Waals surface area contributed by atoms with Crippen LogP contribution < -0.4 is 0 Å². The Kier molecular flexibility index (Phi) is 3.36. The quantitative estimate of drug-likeness (QED) is 0.451. The van der Waals surface area contributed by atoms with E-state index in [-0.39, 0.29) is 0 Å². The Hall–Kier alpha value is -0.620. The minimum absolute atomic E-state index is 0.619. The van der Waals surface area contributed by atoms with Gasteiger partial charge in [-0.3, -0.25) is 0 Å². The van der Waals surface area contributed by atoms with Gasteiger partial charge in [0, 0.05) is 6.42 Å². The Labute approximate surface area is 86.3 Å². The summed E-state index contributed by atoms with van der Waals surface area (Å²) >= 11 is 0. The highest BCUT2D eigenvalue weighted by molar-refractivity contribution is 5.82. The molecule has 0 bridgehead atoms. The number of rotatable bonds is 1. The van der Waals surface area contributed by atoms with Gasteiger partial charge in [0.1, 0.15) is 0 Å². The van der Waals surface area contributed by atoms with Crippen LogP contribution >= 0.6 is 0 Å². The van der Waals surface area contributed by atoms with Gasteiger partial charge in [-0.15, -0.1) is 0 Å². The Morgan fingerprint density at radius 2 is 1.64 bits per heavy atom. The molecule has 2 aliphatic carbocycles. The largest absolute Gasteiger partial charge is 0.362 e. The maximum atomic E-state index is 8.98. The van der Waals surface area contributed by atoms with Crippen LogP contribution in [0.4, 0.5) is 0 Å². The highest BCUT2D eigenvalue weighted by Crippen LogP contribution is 2.36. The predicted molar refractivity (Wildman–Crippen MR) is 57.2 cm³/mol. The summed E-state index contributed by atoms with van der Waals surface area (Å²) in [7, 11) is 0. The Morgan fingerprint density at radius 3 is 2.36 bits per heavy atom. The molecule has 1 unspecified atom stereocenters. The number of nitrogens with zero attached hydrogens (tertiary/aromatic N) is 2. The van der Waals surface area contributed by atoms with Crippen molar-refractivity contribution in [1.29, 1.82) is 0 Å². The number of hydrogen-bond donors (Lipinski definition) is 0. The minimum Gasteiger partial charge on any atom is -0.362 e.